The van der Waals surface area contributed by atoms with Gasteiger partial charge in [-0.1, -0.05) is 42.5 Å². The van der Waals surface area contributed by atoms with Crippen LogP contribution in [-0.4, -0.2) is 61.0 Å². The van der Waals surface area contributed by atoms with Gasteiger partial charge in [0.2, 0.25) is 5.91 Å². The molecule has 3 aliphatic heterocycles. The molecule has 0 aliphatic carbocycles. The fourth-order valence-electron chi connectivity index (χ4n) is 3.83. The first-order chi connectivity index (χ1) is 11.3. The maximum absolute atomic E-state index is 12.4. The minimum Gasteiger partial charge on any atom is -0.354 e. The van der Waals surface area contributed by atoms with E-state index in [0.717, 1.165) is 31.7 Å². The summed E-state index contributed by atoms with van der Waals surface area (Å²) in [6.45, 7) is 6.50. The molecule has 0 saturated carbocycles. The van der Waals surface area contributed by atoms with Gasteiger partial charge in [-0.15, -0.1) is 0 Å². The Kier molecular flexibility index (Phi) is 4.02. The van der Waals surface area contributed by atoms with Gasteiger partial charge in [0, 0.05) is 45.3 Å². The van der Waals surface area contributed by atoms with E-state index in [4.69, 9.17) is 0 Å². The number of piperazine rings is 3. The SMILES string of the molecule is O=C(Cc1cccc2ccccc12)NCC1CN2CCN1CC2. The van der Waals surface area contributed by atoms with Crippen LogP contribution < -0.4 is 5.32 Å². The first-order valence-corrected chi connectivity index (χ1v) is 8.49. The Labute approximate surface area is 137 Å². The van der Waals surface area contributed by atoms with E-state index in [2.05, 4.69) is 39.4 Å². The van der Waals surface area contributed by atoms with E-state index in [1.807, 2.05) is 18.2 Å². The average Bonchev–Trinajstić information content (AvgIpc) is 2.61. The third-order valence-electron chi connectivity index (χ3n) is 5.16. The molecule has 1 unspecified atom stereocenters. The minimum absolute atomic E-state index is 0.124. The summed E-state index contributed by atoms with van der Waals surface area (Å²) >= 11 is 0. The van der Waals surface area contributed by atoms with Gasteiger partial charge in [0.15, 0.2) is 0 Å². The van der Waals surface area contributed by atoms with Crippen LogP contribution in [0.2, 0.25) is 0 Å². The van der Waals surface area contributed by atoms with E-state index in [-0.39, 0.29) is 5.91 Å². The smallest absolute Gasteiger partial charge is 0.224 e. The Balaban J connectivity index is 1.38. The normalized spacial score (nSPS) is 26.3. The highest BCUT2D eigenvalue weighted by Crippen LogP contribution is 2.19. The summed E-state index contributed by atoms with van der Waals surface area (Å²) in [6, 6.07) is 14.9. The van der Waals surface area contributed by atoms with Crippen LogP contribution >= 0.6 is 0 Å². The molecule has 4 nitrogen and oxygen atoms in total. The molecular weight excluding hydrogens is 286 g/mol. The zero-order valence-corrected chi connectivity index (χ0v) is 13.4. The van der Waals surface area contributed by atoms with Crippen molar-refractivity contribution in [1.29, 1.82) is 0 Å². The van der Waals surface area contributed by atoms with Crippen molar-refractivity contribution in [2.45, 2.75) is 12.5 Å². The predicted octanol–water partition coefficient (Wildman–Crippen LogP) is 1.50. The Hall–Kier alpha value is -1.91. The predicted molar refractivity (Wildman–Crippen MR) is 92.5 cm³/mol. The first kappa shape index (κ1) is 14.7. The minimum atomic E-state index is 0.124. The van der Waals surface area contributed by atoms with Gasteiger partial charge in [-0.05, 0) is 16.3 Å². The number of benzene rings is 2. The van der Waals surface area contributed by atoms with Crippen molar-refractivity contribution < 1.29 is 4.79 Å². The molecule has 3 fully saturated rings. The first-order valence-electron chi connectivity index (χ1n) is 8.49. The topological polar surface area (TPSA) is 35.6 Å². The summed E-state index contributed by atoms with van der Waals surface area (Å²) in [7, 11) is 0. The Morgan fingerprint density at radius 3 is 2.61 bits per heavy atom. The van der Waals surface area contributed by atoms with Gasteiger partial charge in [0.1, 0.15) is 0 Å². The van der Waals surface area contributed by atoms with Crippen LogP contribution in [0, 0.1) is 0 Å². The summed E-state index contributed by atoms with van der Waals surface area (Å²) in [5.41, 5.74) is 1.11. The van der Waals surface area contributed by atoms with Crippen molar-refractivity contribution in [2.24, 2.45) is 0 Å². The molecule has 0 spiro atoms. The van der Waals surface area contributed by atoms with E-state index in [0.29, 0.717) is 12.5 Å². The molecule has 5 rings (SSSR count). The maximum atomic E-state index is 12.4. The van der Waals surface area contributed by atoms with Crippen LogP contribution in [0.3, 0.4) is 0 Å². The zero-order valence-electron chi connectivity index (χ0n) is 13.4. The molecule has 0 aromatic heterocycles. The molecule has 2 aromatic carbocycles. The Bertz CT molecular complexity index is 701. The van der Waals surface area contributed by atoms with E-state index in [9.17, 15) is 4.79 Å². The Morgan fingerprint density at radius 1 is 1.04 bits per heavy atom. The van der Waals surface area contributed by atoms with Gasteiger partial charge in [-0.2, -0.15) is 0 Å². The number of carbonyl (C=O) groups is 1. The number of nitrogens with one attached hydrogen (secondary N) is 1. The van der Waals surface area contributed by atoms with Crippen LogP contribution in [0.5, 0.6) is 0 Å². The number of nitrogens with zero attached hydrogens (tertiary/aromatic N) is 2. The van der Waals surface area contributed by atoms with Crippen LogP contribution in [0.1, 0.15) is 5.56 Å². The number of amides is 1. The standard InChI is InChI=1S/C19H23N3O/c23-19(20-13-17-14-21-8-10-22(17)11-9-21)12-16-6-3-5-15-4-1-2-7-18(15)16/h1-7,17H,8-14H2,(H,20,23). The number of fused-ring (bicyclic) bond motifs is 4. The lowest BCUT2D eigenvalue weighted by atomic mass is 10.0. The van der Waals surface area contributed by atoms with Gasteiger partial charge < -0.3 is 5.32 Å². The van der Waals surface area contributed by atoms with Gasteiger partial charge in [-0.25, -0.2) is 0 Å². The largest absolute Gasteiger partial charge is 0.354 e. The lowest BCUT2D eigenvalue weighted by molar-refractivity contribution is -0.121. The van der Waals surface area contributed by atoms with Crippen molar-refractivity contribution >= 4 is 16.7 Å². The molecule has 1 N–H and O–H groups in total. The van der Waals surface area contributed by atoms with Crippen molar-refractivity contribution in [3.8, 4) is 0 Å². The average molecular weight is 309 g/mol. The van der Waals surface area contributed by atoms with Crippen LogP contribution in [0.15, 0.2) is 42.5 Å². The van der Waals surface area contributed by atoms with E-state index in [1.54, 1.807) is 0 Å². The number of hydrogen-bond acceptors (Lipinski definition) is 3. The highest BCUT2D eigenvalue weighted by atomic mass is 16.1. The van der Waals surface area contributed by atoms with Crippen molar-refractivity contribution in [1.82, 2.24) is 15.1 Å². The molecule has 3 heterocycles. The lowest BCUT2D eigenvalue weighted by Gasteiger charge is -2.47. The fourth-order valence-corrected chi connectivity index (χ4v) is 3.83. The molecule has 3 aliphatic rings. The highest BCUT2D eigenvalue weighted by molar-refractivity contribution is 5.90. The maximum Gasteiger partial charge on any atom is 0.224 e. The fraction of sp³-hybridized carbons (Fsp3) is 0.421. The third-order valence-corrected chi connectivity index (χ3v) is 5.16. The van der Waals surface area contributed by atoms with Gasteiger partial charge in [0.05, 0.1) is 6.42 Å². The molecule has 4 heteroatoms. The monoisotopic (exact) mass is 309 g/mol. The zero-order chi connectivity index (χ0) is 15.6. The number of carbonyl (C=O) groups excluding carboxylic acids is 1. The van der Waals surface area contributed by atoms with Gasteiger partial charge in [0.25, 0.3) is 0 Å². The second-order valence-corrected chi connectivity index (χ2v) is 6.61. The number of hydrogen-bond donors (Lipinski definition) is 1. The Morgan fingerprint density at radius 2 is 1.83 bits per heavy atom. The van der Waals surface area contributed by atoms with Crippen LogP contribution in [0.4, 0.5) is 0 Å². The number of rotatable bonds is 4. The van der Waals surface area contributed by atoms with Gasteiger partial charge in [-0.3, -0.25) is 14.6 Å². The van der Waals surface area contributed by atoms with Gasteiger partial charge >= 0.3 is 0 Å². The molecule has 120 valence electrons. The van der Waals surface area contributed by atoms with Crippen molar-refractivity contribution in [3.63, 3.8) is 0 Å². The van der Waals surface area contributed by atoms with Crippen LogP contribution in [0.25, 0.3) is 10.8 Å². The summed E-state index contributed by atoms with van der Waals surface area (Å²) in [5.74, 6) is 0.124. The van der Waals surface area contributed by atoms with Crippen LogP contribution in [-0.2, 0) is 11.2 Å². The van der Waals surface area contributed by atoms with E-state index < -0.39 is 0 Å². The second-order valence-electron chi connectivity index (χ2n) is 6.61. The molecular formula is C19H23N3O. The summed E-state index contributed by atoms with van der Waals surface area (Å²) in [6.07, 6.45) is 0.456. The van der Waals surface area contributed by atoms with E-state index in [1.165, 1.54) is 23.9 Å². The molecule has 2 bridgehead atoms. The molecule has 1 amide bonds. The third kappa shape index (κ3) is 3.09. The lowest BCUT2D eigenvalue weighted by Crippen LogP contribution is -2.63. The molecule has 0 radical (unpaired) electrons. The highest BCUT2D eigenvalue weighted by Gasteiger charge is 2.31. The van der Waals surface area contributed by atoms with E-state index >= 15 is 0 Å². The second kappa shape index (κ2) is 6.30. The molecule has 2 aromatic rings. The molecule has 23 heavy (non-hydrogen) atoms. The quantitative estimate of drug-likeness (QED) is 0.930. The summed E-state index contributed by atoms with van der Waals surface area (Å²) < 4.78 is 0. The summed E-state index contributed by atoms with van der Waals surface area (Å²) in [5, 5.41) is 5.52. The molecule has 1 atom stereocenters. The molecule has 3 saturated heterocycles. The van der Waals surface area contributed by atoms with Crippen molar-refractivity contribution in [2.75, 3.05) is 39.3 Å². The summed E-state index contributed by atoms with van der Waals surface area (Å²) in [4.78, 5) is 17.4. The van der Waals surface area contributed by atoms with Crippen molar-refractivity contribution in [3.05, 3.63) is 48.0 Å².